The lowest BCUT2D eigenvalue weighted by atomic mass is 10.2. The second-order valence-corrected chi connectivity index (χ2v) is 5.99. The van der Waals surface area contributed by atoms with Gasteiger partial charge < -0.3 is 5.73 Å². The number of nitrogens with two attached hydrogens (primary N) is 1. The molecule has 0 saturated heterocycles. The molecule has 2 rings (SSSR count). The van der Waals surface area contributed by atoms with Crippen LogP contribution in [0.1, 0.15) is 5.56 Å². The Morgan fingerprint density at radius 2 is 1.74 bits per heavy atom. The van der Waals surface area contributed by atoms with E-state index in [1.54, 1.807) is 36.4 Å². The molecular formula is C13H12N2O2S2. The smallest absolute Gasteiger partial charge is 0.261 e. The molecule has 19 heavy (non-hydrogen) atoms. The van der Waals surface area contributed by atoms with E-state index < -0.39 is 10.0 Å². The van der Waals surface area contributed by atoms with Gasteiger partial charge in [-0.1, -0.05) is 42.5 Å². The van der Waals surface area contributed by atoms with Crippen LogP contribution in [0, 0.1) is 0 Å². The summed E-state index contributed by atoms with van der Waals surface area (Å²) in [6, 6.07) is 14.9. The summed E-state index contributed by atoms with van der Waals surface area (Å²) in [5.41, 5.74) is 6.52. The highest BCUT2D eigenvalue weighted by atomic mass is 32.2. The standard InChI is InChI=1S/C13H12N2O2S2/c14-13(18)10-5-4-8-12(9-10)19(16,17)15-11-6-2-1-3-7-11/h1-9,15H,(H2,14,18). The van der Waals surface area contributed by atoms with E-state index in [-0.39, 0.29) is 9.88 Å². The molecule has 3 N–H and O–H groups in total. The third-order valence-corrected chi connectivity index (χ3v) is 4.07. The van der Waals surface area contributed by atoms with Crippen LogP contribution in [-0.4, -0.2) is 13.4 Å². The number of hydrogen-bond acceptors (Lipinski definition) is 3. The summed E-state index contributed by atoms with van der Waals surface area (Å²) in [4.78, 5) is 0.290. The minimum absolute atomic E-state index is 0.127. The zero-order valence-electron chi connectivity index (χ0n) is 9.91. The van der Waals surface area contributed by atoms with Crippen LogP contribution < -0.4 is 10.5 Å². The Bertz CT molecular complexity index is 698. The summed E-state index contributed by atoms with van der Waals surface area (Å²) in [6.45, 7) is 0. The van der Waals surface area contributed by atoms with Crippen molar-refractivity contribution < 1.29 is 8.42 Å². The summed E-state index contributed by atoms with van der Waals surface area (Å²) >= 11 is 4.84. The fourth-order valence-electron chi connectivity index (χ4n) is 1.54. The molecule has 0 aliphatic rings. The Labute approximate surface area is 117 Å². The average molecular weight is 292 g/mol. The van der Waals surface area contributed by atoms with Gasteiger partial charge in [0.1, 0.15) is 4.99 Å². The lowest BCUT2D eigenvalue weighted by Gasteiger charge is -2.08. The predicted octanol–water partition coefficient (Wildman–Crippen LogP) is 2.12. The molecule has 0 amide bonds. The van der Waals surface area contributed by atoms with Crippen LogP contribution in [0.3, 0.4) is 0 Å². The molecule has 0 aromatic heterocycles. The van der Waals surface area contributed by atoms with Crippen LogP contribution in [-0.2, 0) is 10.0 Å². The minimum atomic E-state index is -3.63. The molecule has 4 nitrogen and oxygen atoms in total. The van der Waals surface area contributed by atoms with E-state index in [1.165, 1.54) is 12.1 Å². The molecule has 0 bridgehead atoms. The van der Waals surface area contributed by atoms with Gasteiger partial charge in [-0.3, -0.25) is 4.72 Å². The van der Waals surface area contributed by atoms with Gasteiger partial charge >= 0.3 is 0 Å². The lowest BCUT2D eigenvalue weighted by molar-refractivity contribution is 0.601. The molecule has 0 atom stereocenters. The summed E-state index contributed by atoms with van der Waals surface area (Å²) < 4.78 is 26.9. The highest BCUT2D eigenvalue weighted by Gasteiger charge is 2.14. The van der Waals surface area contributed by atoms with Crippen molar-refractivity contribution in [1.29, 1.82) is 0 Å². The summed E-state index contributed by atoms with van der Waals surface area (Å²) in [5.74, 6) is 0. The highest BCUT2D eigenvalue weighted by molar-refractivity contribution is 7.92. The van der Waals surface area contributed by atoms with Crippen molar-refractivity contribution in [2.24, 2.45) is 5.73 Å². The van der Waals surface area contributed by atoms with Crippen molar-refractivity contribution in [2.45, 2.75) is 4.90 Å². The van der Waals surface area contributed by atoms with Gasteiger partial charge in [0, 0.05) is 11.3 Å². The average Bonchev–Trinajstić information content (AvgIpc) is 2.39. The van der Waals surface area contributed by atoms with Crippen molar-refractivity contribution in [3.8, 4) is 0 Å². The minimum Gasteiger partial charge on any atom is -0.389 e. The monoisotopic (exact) mass is 292 g/mol. The van der Waals surface area contributed by atoms with E-state index in [4.69, 9.17) is 18.0 Å². The SMILES string of the molecule is NC(=S)c1cccc(S(=O)(=O)Nc2ccccc2)c1. The summed E-state index contributed by atoms with van der Waals surface area (Å²) in [5, 5.41) is 0. The van der Waals surface area contributed by atoms with Gasteiger partial charge in [-0.2, -0.15) is 0 Å². The van der Waals surface area contributed by atoms with E-state index in [9.17, 15) is 8.42 Å². The van der Waals surface area contributed by atoms with Crippen LogP contribution in [0.4, 0.5) is 5.69 Å². The summed E-state index contributed by atoms with van der Waals surface area (Å²) in [7, 11) is -3.63. The van der Waals surface area contributed by atoms with Gasteiger partial charge in [0.25, 0.3) is 10.0 Å². The van der Waals surface area contributed by atoms with Crippen LogP contribution in [0.25, 0.3) is 0 Å². The number of anilines is 1. The number of benzene rings is 2. The zero-order valence-corrected chi connectivity index (χ0v) is 11.5. The van der Waals surface area contributed by atoms with E-state index >= 15 is 0 Å². The second-order valence-electron chi connectivity index (χ2n) is 3.86. The Balaban J connectivity index is 2.35. The van der Waals surface area contributed by atoms with Crippen LogP contribution in [0.15, 0.2) is 59.5 Å². The number of sulfonamides is 1. The molecule has 0 saturated carbocycles. The quantitative estimate of drug-likeness (QED) is 0.847. The number of hydrogen-bond donors (Lipinski definition) is 2. The Kier molecular flexibility index (Phi) is 3.82. The molecule has 6 heteroatoms. The van der Waals surface area contributed by atoms with E-state index in [0.29, 0.717) is 11.3 Å². The van der Waals surface area contributed by atoms with Gasteiger partial charge in [0.05, 0.1) is 4.90 Å². The lowest BCUT2D eigenvalue weighted by Crippen LogP contribution is -2.15. The fourth-order valence-corrected chi connectivity index (χ4v) is 2.77. The van der Waals surface area contributed by atoms with Crippen molar-refractivity contribution >= 4 is 32.9 Å². The molecule has 0 aliphatic heterocycles. The predicted molar refractivity (Wildman–Crippen MR) is 79.6 cm³/mol. The van der Waals surface area contributed by atoms with Crippen LogP contribution in [0.2, 0.25) is 0 Å². The first-order valence-corrected chi connectivity index (χ1v) is 7.36. The molecule has 2 aromatic rings. The van der Waals surface area contributed by atoms with Crippen molar-refractivity contribution in [1.82, 2.24) is 0 Å². The maximum Gasteiger partial charge on any atom is 0.261 e. The Morgan fingerprint density at radius 1 is 1.05 bits per heavy atom. The van der Waals surface area contributed by atoms with Crippen molar-refractivity contribution in [3.63, 3.8) is 0 Å². The highest BCUT2D eigenvalue weighted by Crippen LogP contribution is 2.16. The Hall–Kier alpha value is -1.92. The molecule has 98 valence electrons. The molecule has 2 aromatic carbocycles. The normalized spacial score (nSPS) is 10.9. The van der Waals surface area contributed by atoms with Crippen molar-refractivity contribution in [2.75, 3.05) is 4.72 Å². The Morgan fingerprint density at radius 3 is 2.37 bits per heavy atom. The molecule has 0 unspecified atom stereocenters. The van der Waals surface area contributed by atoms with Crippen LogP contribution in [0.5, 0.6) is 0 Å². The largest absolute Gasteiger partial charge is 0.389 e. The molecule has 0 heterocycles. The van der Waals surface area contributed by atoms with Gasteiger partial charge in [-0.05, 0) is 24.3 Å². The number of para-hydroxylation sites is 1. The first-order chi connectivity index (χ1) is 8.99. The molecule has 0 spiro atoms. The number of nitrogens with one attached hydrogen (secondary N) is 1. The van der Waals surface area contributed by atoms with Crippen molar-refractivity contribution in [3.05, 3.63) is 60.2 Å². The zero-order chi connectivity index (χ0) is 13.9. The number of thiocarbonyl (C=S) groups is 1. The first kappa shape index (κ1) is 13.5. The molecule has 0 aliphatic carbocycles. The van der Waals surface area contributed by atoms with Gasteiger partial charge in [-0.15, -0.1) is 0 Å². The number of rotatable bonds is 4. The van der Waals surface area contributed by atoms with E-state index in [1.807, 2.05) is 6.07 Å². The summed E-state index contributed by atoms with van der Waals surface area (Å²) in [6.07, 6.45) is 0. The van der Waals surface area contributed by atoms with E-state index in [2.05, 4.69) is 4.72 Å². The fraction of sp³-hybridized carbons (Fsp3) is 0. The second kappa shape index (κ2) is 5.38. The molecule has 0 fully saturated rings. The third kappa shape index (κ3) is 3.30. The van der Waals surface area contributed by atoms with E-state index in [0.717, 1.165) is 0 Å². The van der Waals surface area contributed by atoms with Gasteiger partial charge in [0.15, 0.2) is 0 Å². The van der Waals surface area contributed by atoms with Crippen LogP contribution >= 0.6 is 12.2 Å². The van der Waals surface area contributed by atoms with Gasteiger partial charge in [0.2, 0.25) is 0 Å². The molecular weight excluding hydrogens is 280 g/mol. The third-order valence-electron chi connectivity index (χ3n) is 2.45. The first-order valence-electron chi connectivity index (χ1n) is 5.47. The maximum absolute atomic E-state index is 12.2. The maximum atomic E-state index is 12.2. The van der Waals surface area contributed by atoms with Gasteiger partial charge in [-0.25, -0.2) is 8.42 Å². The molecule has 0 radical (unpaired) electrons. The topological polar surface area (TPSA) is 72.2 Å².